The molecule has 0 spiro atoms. The molecule has 1 aromatic carbocycles. The second-order valence-electron chi connectivity index (χ2n) is 4.54. The van der Waals surface area contributed by atoms with Crippen molar-refractivity contribution in [3.8, 4) is 11.5 Å². The number of hydrogen-bond donors (Lipinski definition) is 1. The van der Waals surface area contributed by atoms with Gasteiger partial charge in [0, 0.05) is 11.3 Å². The Hall–Kier alpha value is -2.04. The molecular formula is C13H14N2O3. The summed E-state index contributed by atoms with van der Waals surface area (Å²) in [6.45, 7) is 2.15. The van der Waals surface area contributed by atoms with Crippen molar-refractivity contribution in [3.63, 3.8) is 0 Å². The molecule has 0 bridgehead atoms. The Bertz CT molecular complexity index is 521. The number of benzene rings is 1. The number of hydrogen-bond acceptors (Lipinski definition) is 4. The molecule has 1 fully saturated rings. The largest absolute Gasteiger partial charge is 0.454 e. The molecular weight excluding hydrogens is 232 g/mol. The van der Waals surface area contributed by atoms with Gasteiger partial charge in [0.25, 0.3) is 5.91 Å². The van der Waals surface area contributed by atoms with Crippen LogP contribution in [0.2, 0.25) is 0 Å². The summed E-state index contributed by atoms with van der Waals surface area (Å²) in [5.41, 5.74) is 4.07. The highest BCUT2D eigenvalue weighted by atomic mass is 16.7. The lowest BCUT2D eigenvalue weighted by atomic mass is 10.2. The molecule has 0 atom stereocenters. The summed E-state index contributed by atoms with van der Waals surface area (Å²) >= 11 is 0. The molecule has 2 aliphatic rings. The number of ether oxygens (including phenoxy) is 2. The van der Waals surface area contributed by atoms with Crippen LogP contribution < -0.4 is 14.9 Å². The monoisotopic (exact) mass is 246 g/mol. The highest BCUT2D eigenvalue weighted by molar-refractivity contribution is 5.96. The zero-order valence-electron chi connectivity index (χ0n) is 10.1. The number of fused-ring (bicyclic) bond motifs is 1. The van der Waals surface area contributed by atoms with E-state index >= 15 is 0 Å². The quantitative estimate of drug-likeness (QED) is 0.655. The maximum atomic E-state index is 11.9. The van der Waals surface area contributed by atoms with Gasteiger partial charge in [-0.05, 0) is 43.9 Å². The van der Waals surface area contributed by atoms with E-state index in [1.165, 1.54) is 12.8 Å². The average molecular weight is 246 g/mol. The maximum Gasteiger partial charge on any atom is 0.271 e. The molecule has 3 rings (SSSR count). The molecule has 5 heteroatoms. The van der Waals surface area contributed by atoms with Crippen LogP contribution in [0.1, 0.15) is 30.1 Å². The first-order valence-corrected chi connectivity index (χ1v) is 5.98. The van der Waals surface area contributed by atoms with Gasteiger partial charge in [-0.2, -0.15) is 5.10 Å². The molecule has 1 aliphatic carbocycles. The van der Waals surface area contributed by atoms with Gasteiger partial charge in [-0.3, -0.25) is 4.79 Å². The molecule has 1 saturated carbocycles. The summed E-state index contributed by atoms with van der Waals surface area (Å²) in [4.78, 5) is 11.9. The predicted octanol–water partition coefficient (Wildman–Crippen LogP) is 1.93. The zero-order valence-corrected chi connectivity index (χ0v) is 10.1. The molecule has 1 amide bonds. The Morgan fingerprint density at radius 2 is 2.11 bits per heavy atom. The van der Waals surface area contributed by atoms with Crippen LogP contribution in [-0.2, 0) is 0 Å². The van der Waals surface area contributed by atoms with Crippen molar-refractivity contribution in [2.75, 3.05) is 6.79 Å². The van der Waals surface area contributed by atoms with Gasteiger partial charge in [-0.25, -0.2) is 5.43 Å². The highest BCUT2D eigenvalue weighted by Gasteiger charge is 2.24. The first kappa shape index (κ1) is 11.1. The number of rotatable bonds is 3. The molecule has 0 unspecified atom stereocenters. The number of nitrogens with one attached hydrogen (secondary N) is 1. The Morgan fingerprint density at radius 1 is 1.33 bits per heavy atom. The Labute approximate surface area is 105 Å². The second-order valence-corrected chi connectivity index (χ2v) is 4.54. The smallest absolute Gasteiger partial charge is 0.271 e. The predicted molar refractivity (Wildman–Crippen MR) is 65.9 cm³/mol. The first-order chi connectivity index (χ1) is 8.74. The Morgan fingerprint density at radius 3 is 2.89 bits per heavy atom. The second kappa shape index (κ2) is 4.33. The normalized spacial score (nSPS) is 17.7. The number of carbonyl (C=O) groups excluding carboxylic acids is 1. The Kier molecular flexibility index (Phi) is 2.66. The minimum Gasteiger partial charge on any atom is -0.454 e. The van der Waals surface area contributed by atoms with E-state index in [9.17, 15) is 4.79 Å². The minimum absolute atomic E-state index is 0.208. The van der Waals surface area contributed by atoms with E-state index < -0.39 is 0 Å². The summed E-state index contributed by atoms with van der Waals surface area (Å²) in [6, 6.07) is 5.10. The molecule has 1 heterocycles. The molecule has 1 N–H and O–H groups in total. The van der Waals surface area contributed by atoms with Crippen LogP contribution in [0, 0.1) is 5.92 Å². The van der Waals surface area contributed by atoms with Gasteiger partial charge in [-0.1, -0.05) is 0 Å². The van der Waals surface area contributed by atoms with Crippen molar-refractivity contribution >= 4 is 11.6 Å². The average Bonchev–Trinajstić information content (AvgIpc) is 3.13. The Balaban J connectivity index is 1.70. The van der Waals surface area contributed by atoms with Gasteiger partial charge in [0.1, 0.15) is 0 Å². The number of nitrogens with zero attached hydrogens (tertiary/aromatic N) is 1. The van der Waals surface area contributed by atoms with Gasteiger partial charge in [0.2, 0.25) is 6.79 Å². The summed E-state index contributed by atoms with van der Waals surface area (Å²) in [5, 5.41) is 4.10. The van der Waals surface area contributed by atoms with Crippen molar-refractivity contribution in [1.82, 2.24) is 5.43 Å². The van der Waals surface area contributed by atoms with Crippen LogP contribution in [0.4, 0.5) is 0 Å². The van der Waals surface area contributed by atoms with E-state index in [0.717, 1.165) is 5.71 Å². The van der Waals surface area contributed by atoms with E-state index in [1.807, 2.05) is 6.92 Å². The van der Waals surface area contributed by atoms with Crippen LogP contribution in [-0.4, -0.2) is 18.4 Å². The van der Waals surface area contributed by atoms with Gasteiger partial charge in [0.05, 0.1) is 0 Å². The maximum absolute atomic E-state index is 11.9. The molecule has 94 valence electrons. The van der Waals surface area contributed by atoms with Crippen molar-refractivity contribution in [2.45, 2.75) is 19.8 Å². The molecule has 0 saturated heterocycles. The van der Waals surface area contributed by atoms with Gasteiger partial charge in [0.15, 0.2) is 11.5 Å². The fourth-order valence-electron chi connectivity index (χ4n) is 1.83. The fraction of sp³-hybridized carbons (Fsp3) is 0.385. The van der Waals surface area contributed by atoms with Crippen molar-refractivity contribution in [2.24, 2.45) is 11.0 Å². The number of amides is 1. The molecule has 1 aliphatic heterocycles. The number of hydrazone groups is 1. The summed E-state index contributed by atoms with van der Waals surface area (Å²) in [7, 11) is 0. The van der Waals surface area contributed by atoms with Gasteiger partial charge < -0.3 is 9.47 Å². The molecule has 5 nitrogen and oxygen atoms in total. The van der Waals surface area contributed by atoms with Crippen molar-refractivity contribution < 1.29 is 14.3 Å². The SMILES string of the molecule is C/C(=N\NC(=O)c1ccc2c(c1)OCO2)C1CC1. The third kappa shape index (κ3) is 2.16. The highest BCUT2D eigenvalue weighted by Crippen LogP contribution is 2.32. The molecule has 0 aromatic heterocycles. The third-order valence-corrected chi connectivity index (χ3v) is 3.14. The van der Waals surface area contributed by atoms with E-state index in [1.54, 1.807) is 18.2 Å². The van der Waals surface area contributed by atoms with Crippen LogP contribution in [0.15, 0.2) is 23.3 Å². The standard InChI is InChI=1S/C13H14N2O3/c1-8(9-2-3-9)14-15-13(16)10-4-5-11-12(6-10)18-7-17-11/h4-6,9H,2-3,7H2,1H3,(H,15,16)/b14-8+. The van der Waals surface area contributed by atoms with Crippen LogP contribution in [0.3, 0.4) is 0 Å². The van der Waals surface area contributed by atoms with Gasteiger partial charge in [-0.15, -0.1) is 0 Å². The molecule has 0 radical (unpaired) electrons. The van der Waals surface area contributed by atoms with Crippen LogP contribution in [0.25, 0.3) is 0 Å². The van der Waals surface area contributed by atoms with E-state index in [4.69, 9.17) is 9.47 Å². The minimum atomic E-state index is -0.228. The number of carbonyl (C=O) groups is 1. The van der Waals surface area contributed by atoms with Crippen LogP contribution in [0.5, 0.6) is 11.5 Å². The lowest BCUT2D eigenvalue weighted by Crippen LogP contribution is -2.19. The topological polar surface area (TPSA) is 59.9 Å². The fourth-order valence-corrected chi connectivity index (χ4v) is 1.83. The van der Waals surface area contributed by atoms with Crippen molar-refractivity contribution in [3.05, 3.63) is 23.8 Å². The zero-order chi connectivity index (χ0) is 12.5. The third-order valence-electron chi connectivity index (χ3n) is 3.14. The van der Waals surface area contributed by atoms with Crippen LogP contribution >= 0.6 is 0 Å². The van der Waals surface area contributed by atoms with E-state index in [0.29, 0.717) is 23.0 Å². The summed E-state index contributed by atoms with van der Waals surface area (Å²) in [5.74, 6) is 1.60. The van der Waals surface area contributed by atoms with Crippen molar-refractivity contribution in [1.29, 1.82) is 0 Å². The van der Waals surface area contributed by atoms with E-state index in [2.05, 4.69) is 10.5 Å². The van der Waals surface area contributed by atoms with E-state index in [-0.39, 0.29) is 12.7 Å². The summed E-state index contributed by atoms with van der Waals surface area (Å²) < 4.78 is 10.4. The lowest BCUT2D eigenvalue weighted by molar-refractivity contribution is 0.0954. The molecule has 1 aromatic rings. The van der Waals surface area contributed by atoms with Gasteiger partial charge >= 0.3 is 0 Å². The lowest BCUT2D eigenvalue weighted by Gasteiger charge is -2.03. The first-order valence-electron chi connectivity index (χ1n) is 5.98. The summed E-state index contributed by atoms with van der Waals surface area (Å²) in [6.07, 6.45) is 2.35. The molecule has 18 heavy (non-hydrogen) atoms.